The number of thioether (sulfide) groups is 1. The molecule has 0 fully saturated rings. The van der Waals surface area contributed by atoms with Gasteiger partial charge >= 0.3 is 0 Å². The zero-order chi connectivity index (χ0) is 20.5. The van der Waals surface area contributed by atoms with Crippen molar-refractivity contribution >= 4 is 40.1 Å². The number of hydrogen-bond acceptors (Lipinski definition) is 3. The zero-order valence-electron chi connectivity index (χ0n) is 16.9. The minimum atomic E-state index is -0.186. The number of nitrogens with zero attached hydrogens (tertiary/aromatic N) is 1. The number of rotatable bonds is 6. The quantitative estimate of drug-likeness (QED) is 0.597. The van der Waals surface area contributed by atoms with Gasteiger partial charge < -0.3 is 4.98 Å². The molecule has 0 saturated heterocycles. The molecule has 4 rings (SSSR count). The van der Waals surface area contributed by atoms with Crippen LogP contribution >= 0.6 is 11.8 Å². The average molecular weight is 405 g/mol. The number of aromatic nitrogens is 1. The first-order valence-electron chi connectivity index (χ1n) is 9.87. The second-order valence-electron chi connectivity index (χ2n) is 7.31. The van der Waals surface area contributed by atoms with Crippen molar-refractivity contribution in [3.63, 3.8) is 0 Å². The normalized spacial score (nSPS) is 14.5. The van der Waals surface area contributed by atoms with Crippen molar-refractivity contribution in [2.75, 3.05) is 12.3 Å². The van der Waals surface area contributed by atoms with Crippen molar-refractivity contribution in [1.82, 2.24) is 9.88 Å². The van der Waals surface area contributed by atoms with Gasteiger partial charge in [0.25, 0.3) is 11.8 Å². The molecular weight excluding hydrogens is 380 g/mol. The molecule has 1 aromatic heterocycles. The molecule has 0 spiro atoms. The van der Waals surface area contributed by atoms with E-state index >= 15 is 0 Å². The molecule has 1 N–H and O–H groups in total. The van der Waals surface area contributed by atoms with Crippen LogP contribution in [0.3, 0.4) is 0 Å². The maximum Gasteiger partial charge on any atom is 0.267 e. The molecule has 0 aliphatic carbocycles. The molecule has 29 heavy (non-hydrogen) atoms. The molecule has 0 bridgehead atoms. The van der Waals surface area contributed by atoms with Crippen molar-refractivity contribution in [3.8, 4) is 0 Å². The highest BCUT2D eigenvalue weighted by atomic mass is 32.2. The summed E-state index contributed by atoms with van der Waals surface area (Å²) in [4.78, 5) is 31.6. The molecule has 0 unspecified atom stereocenters. The Morgan fingerprint density at radius 3 is 2.55 bits per heavy atom. The Kier molecular flexibility index (Phi) is 5.33. The van der Waals surface area contributed by atoms with Gasteiger partial charge in [0.1, 0.15) is 0 Å². The van der Waals surface area contributed by atoms with E-state index in [0.717, 1.165) is 33.3 Å². The summed E-state index contributed by atoms with van der Waals surface area (Å²) >= 11 is 1.45. The topological polar surface area (TPSA) is 53.2 Å². The third-order valence-electron chi connectivity index (χ3n) is 5.49. The number of aromatic amines is 1. The molecule has 4 nitrogen and oxygen atoms in total. The number of H-pyrrole nitrogens is 1. The van der Waals surface area contributed by atoms with Crippen molar-refractivity contribution in [1.29, 1.82) is 0 Å². The number of carbonyl (C=O) groups excluding carboxylic acids is 2. The lowest BCUT2D eigenvalue weighted by Crippen LogP contribution is -2.33. The lowest BCUT2D eigenvalue weighted by molar-refractivity contribution is -0.136. The first kappa shape index (κ1) is 19.5. The van der Waals surface area contributed by atoms with E-state index in [1.165, 1.54) is 22.2 Å². The Labute approximate surface area is 175 Å². The average Bonchev–Trinajstić information content (AvgIpc) is 3.22. The number of nitrogens with one attached hydrogen (secondary N) is 1. The van der Waals surface area contributed by atoms with Gasteiger partial charge in [-0.2, -0.15) is 0 Å². The third kappa shape index (κ3) is 3.51. The first-order chi connectivity index (χ1) is 14.0. The second-order valence-corrected chi connectivity index (χ2v) is 8.58. The van der Waals surface area contributed by atoms with Crippen LogP contribution in [0.2, 0.25) is 0 Å². The SMILES string of the molecule is CCSC1=C(c2ccc(C)c(C)c2)C(=O)N(CCc2c[nH]c3ccccc23)C1=O. The fourth-order valence-corrected chi connectivity index (χ4v) is 4.63. The number of imide groups is 1. The highest BCUT2D eigenvalue weighted by Crippen LogP contribution is 2.36. The van der Waals surface area contributed by atoms with Crippen LogP contribution in [-0.4, -0.2) is 34.0 Å². The monoisotopic (exact) mass is 404 g/mol. The molecule has 0 radical (unpaired) electrons. The van der Waals surface area contributed by atoms with Gasteiger partial charge in [-0.1, -0.05) is 43.3 Å². The van der Waals surface area contributed by atoms with Crippen LogP contribution in [0, 0.1) is 13.8 Å². The van der Waals surface area contributed by atoms with Crippen molar-refractivity contribution < 1.29 is 9.59 Å². The Hall–Kier alpha value is -2.79. The summed E-state index contributed by atoms with van der Waals surface area (Å²) in [5, 5.41) is 1.14. The van der Waals surface area contributed by atoms with E-state index < -0.39 is 0 Å². The number of carbonyl (C=O) groups is 2. The van der Waals surface area contributed by atoms with E-state index in [1.54, 1.807) is 0 Å². The first-order valence-corrected chi connectivity index (χ1v) is 10.9. The molecule has 2 aromatic carbocycles. The van der Waals surface area contributed by atoms with Crippen molar-refractivity contribution in [2.45, 2.75) is 27.2 Å². The van der Waals surface area contributed by atoms with Gasteiger partial charge in [0.05, 0.1) is 10.5 Å². The summed E-state index contributed by atoms with van der Waals surface area (Å²) < 4.78 is 0. The summed E-state index contributed by atoms with van der Waals surface area (Å²) in [5.41, 5.74) is 5.85. The summed E-state index contributed by atoms with van der Waals surface area (Å²) in [5.74, 6) is 0.392. The predicted octanol–water partition coefficient (Wildman–Crippen LogP) is 4.86. The number of para-hydroxylation sites is 1. The zero-order valence-corrected chi connectivity index (χ0v) is 17.7. The third-order valence-corrected chi connectivity index (χ3v) is 6.45. The van der Waals surface area contributed by atoms with Gasteiger partial charge in [-0.3, -0.25) is 14.5 Å². The van der Waals surface area contributed by atoms with Gasteiger partial charge in [-0.25, -0.2) is 0 Å². The summed E-state index contributed by atoms with van der Waals surface area (Å²) in [6.45, 7) is 6.45. The maximum atomic E-state index is 13.2. The van der Waals surface area contributed by atoms with Crippen LogP contribution in [0.1, 0.15) is 29.2 Å². The molecule has 2 heterocycles. The van der Waals surface area contributed by atoms with Gasteiger partial charge in [0.2, 0.25) is 0 Å². The number of benzene rings is 2. The Balaban J connectivity index is 1.62. The molecule has 0 saturated carbocycles. The summed E-state index contributed by atoms with van der Waals surface area (Å²) in [6, 6.07) is 14.0. The van der Waals surface area contributed by atoms with Gasteiger partial charge in [-0.15, -0.1) is 11.8 Å². The van der Waals surface area contributed by atoms with Crippen LogP contribution in [-0.2, 0) is 16.0 Å². The van der Waals surface area contributed by atoms with E-state index in [0.29, 0.717) is 23.4 Å². The smallest absolute Gasteiger partial charge is 0.267 e. The molecule has 1 aliphatic heterocycles. The minimum Gasteiger partial charge on any atom is -0.361 e. The van der Waals surface area contributed by atoms with Crippen LogP contribution in [0.15, 0.2) is 53.6 Å². The predicted molar refractivity (Wildman–Crippen MR) is 120 cm³/mol. The van der Waals surface area contributed by atoms with Crippen LogP contribution in [0.5, 0.6) is 0 Å². The fraction of sp³-hybridized carbons (Fsp3) is 0.250. The summed E-state index contributed by atoms with van der Waals surface area (Å²) in [6.07, 6.45) is 2.60. The van der Waals surface area contributed by atoms with Crippen LogP contribution in [0.4, 0.5) is 0 Å². The highest BCUT2D eigenvalue weighted by Gasteiger charge is 2.38. The largest absolute Gasteiger partial charge is 0.361 e. The molecular formula is C24H24N2O2S. The molecule has 2 amide bonds. The lowest BCUT2D eigenvalue weighted by atomic mass is 10.0. The maximum absolute atomic E-state index is 13.2. The molecule has 0 atom stereocenters. The number of amides is 2. The number of fused-ring (bicyclic) bond motifs is 1. The summed E-state index contributed by atoms with van der Waals surface area (Å²) in [7, 11) is 0. The van der Waals surface area contributed by atoms with Gasteiger partial charge in [0, 0.05) is 23.6 Å². The Morgan fingerprint density at radius 1 is 1.00 bits per heavy atom. The number of aryl methyl sites for hydroxylation is 2. The van der Waals surface area contributed by atoms with E-state index in [4.69, 9.17) is 0 Å². The van der Waals surface area contributed by atoms with Gasteiger partial charge in [0.15, 0.2) is 0 Å². The van der Waals surface area contributed by atoms with E-state index in [9.17, 15) is 9.59 Å². The fourth-order valence-electron chi connectivity index (χ4n) is 3.76. The second kappa shape index (κ2) is 7.91. The minimum absolute atomic E-state index is 0.171. The highest BCUT2D eigenvalue weighted by molar-refractivity contribution is 8.04. The Bertz CT molecular complexity index is 1140. The van der Waals surface area contributed by atoms with E-state index in [-0.39, 0.29) is 11.8 Å². The van der Waals surface area contributed by atoms with Crippen molar-refractivity contribution in [2.24, 2.45) is 0 Å². The van der Waals surface area contributed by atoms with E-state index in [2.05, 4.69) is 11.1 Å². The number of hydrogen-bond donors (Lipinski definition) is 1. The van der Waals surface area contributed by atoms with E-state index in [1.807, 2.05) is 63.4 Å². The molecule has 148 valence electrons. The van der Waals surface area contributed by atoms with Gasteiger partial charge in [-0.05, 0) is 54.3 Å². The Morgan fingerprint density at radius 2 is 1.79 bits per heavy atom. The standard InChI is InChI=1S/C24H24N2O2S/c1-4-29-22-21(17-10-9-15(2)16(3)13-17)23(27)26(24(22)28)12-11-18-14-25-20-8-6-5-7-19(18)20/h5-10,13-14,25H,4,11-12H2,1-3H3. The van der Waals surface area contributed by atoms with Crippen LogP contribution in [0.25, 0.3) is 16.5 Å². The molecule has 3 aromatic rings. The van der Waals surface area contributed by atoms with Crippen molar-refractivity contribution in [3.05, 3.63) is 75.8 Å². The molecule has 5 heteroatoms. The van der Waals surface area contributed by atoms with Crippen LogP contribution < -0.4 is 0 Å². The molecule has 1 aliphatic rings. The lowest BCUT2D eigenvalue weighted by Gasteiger charge is -2.15.